The number of aliphatic hydroxyl groups excluding tert-OH is 1. The predicted molar refractivity (Wildman–Crippen MR) is 105 cm³/mol. The summed E-state index contributed by atoms with van der Waals surface area (Å²) in [5.74, 6) is 0. The Kier molecular flexibility index (Phi) is 8.22. The van der Waals surface area contributed by atoms with Crippen LogP contribution in [-0.4, -0.2) is 26.0 Å². The first-order valence-electron chi connectivity index (χ1n) is 7.08. The lowest BCUT2D eigenvalue weighted by Crippen LogP contribution is -2.00. The van der Waals surface area contributed by atoms with Crippen molar-refractivity contribution in [1.29, 1.82) is 0 Å². The first kappa shape index (κ1) is 21.0. The molecule has 1 atom stereocenters. The summed E-state index contributed by atoms with van der Waals surface area (Å²) >= 11 is 5.12. The van der Waals surface area contributed by atoms with Gasteiger partial charge in [0.1, 0.15) is 0 Å². The maximum atomic E-state index is 11.2. The largest absolute Gasteiger partial charge is 0.384 e. The van der Waals surface area contributed by atoms with Crippen molar-refractivity contribution in [2.45, 2.75) is 22.8 Å². The second-order valence-corrected chi connectivity index (χ2v) is 9.06. The van der Waals surface area contributed by atoms with E-state index in [0.29, 0.717) is 11.1 Å². The van der Waals surface area contributed by atoms with Crippen LogP contribution in [0.2, 0.25) is 0 Å². The number of hydrogen-bond donors (Lipinski definition) is 1. The second-order valence-electron chi connectivity index (χ2n) is 5.25. The molecule has 6 heteroatoms. The monoisotopic (exact) mass is 428 g/mol. The van der Waals surface area contributed by atoms with Crippen molar-refractivity contribution in [3.63, 3.8) is 0 Å². The number of thioether (sulfide) groups is 1. The van der Waals surface area contributed by atoms with Gasteiger partial charge in [-0.15, -0.1) is 11.8 Å². The molecule has 0 aliphatic carbocycles. The molecule has 2 aromatic rings. The van der Waals surface area contributed by atoms with E-state index in [9.17, 15) is 13.5 Å². The molecule has 0 amide bonds. The van der Waals surface area contributed by atoms with E-state index in [1.165, 1.54) is 17.0 Å². The molecule has 0 fully saturated rings. The molecular weight excluding hydrogens is 408 g/mol. The fourth-order valence-electron chi connectivity index (χ4n) is 1.75. The summed E-state index contributed by atoms with van der Waals surface area (Å²) in [6, 6.07) is 14.4. The smallest absolute Gasteiger partial charge is 0.175 e. The third-order valence-corrected chi connectivity index (χ3v) is 5.54. The summed E-state index contributed by atoms with van der Waals surface area (Å²) in [6.45, 7) is 5.35. The molecule has 0 bridgehead atoms. The molecule has 1 unspecified atom stereocenters. The first-order valence-corrected chi connectivity index (χ1v) is 11.0. The predicted octanol–water partition coefficient (Wildman–Crippen LogP) is 4.87. The van der Waals surface area contributed by atoms with E-state index in [1.807, 2.05) is 12.1 Å². The average Bonchev–Trinajstić information content (AvgIpc) is 2.54. The van der Waals surface area contributed by atoms with Crippen molar-refractivity contribution >= 4 is 37.5 Å². The number of aliphatic hydroxyl groups is 1. The van der Waals surface area contributed by atoms with Crippen molar-refractivity contribution < 1.29 is 13.5 Å². The zero-order valence-corrected chi connectivity index (χ0v) is 17.1. The molecule has 0 aromatic heterocycles. The molecule has 3 nitrogen and oxygen atoms in total. The summed E-state index contributed by atoms with van der Waals surface area (Å²) in [5.41, 5.74) is 1.28. The third-order valence-electron chi connectivity index (χ3n) is 3.14. The molecule has 130 valence electrons. The Morgan fingerprint density at radius 3 is 2.00 bits per heavy atom. The van der Waals surface area contributed by atoms with Crippen LogP contribution in [0.1, 0.15) is 18.6 Å². The quantitative estimate of drug-likeness (QED) is 0.557. The van der Waals surface area contributed by atoms with E-state index in [1.54, 1.807) is 30.8 Å². The minimum absolute atomic E-state index is 0.250. The molecule has 0 spiro atoms. The van der Waals surface area contributed by atoms with Gasteiger partial charge in [-0.1, -0.05) is 34.6 Å². The van der Waals surface area contributed by atoms with Gasteiger partial charge in [0.15, 0.2) is 9.84 Å². The molecular formula is C18H21BrO3S2. The molecule has 0 saturated heterocycles. The highest BCUT2D eigenvalue weighted by atomic mass is 79.9. The van der Waals surface area contributed by atoms with Crippen LogP contribution >= 0.6 is 27.7 Å². The van der Waals surface area contributed by atoms with Gasteiger partial charge in [0.25, 0.3) is 0 Å². The van der Waals surface area contributed by atoms with E-state index >= 15 is 0 Å². The Morgan fingerprint density at radius 1 is 1.12 bits per heavy atom. The van der Waals surface area contributed by atoms with Gasteiger partial charge in [0, 0.05) is 15.6 Å². The van der Waals surface area contributed by atoms with Crippen LogP contribution in [0.4, 0.5) is 0 Å². The summed E-state index contributed by atoms with van der Waals surface area (Å²) in [4.78, 5) is 1.55. The Labute approximate surface area is 156 Å². The van der Waals surface area contributed by atoms with Crippen LogP contribution in [0.5, 0.6) is 0 Å². The van der Waals surface area contributed by atoms with Crippen LogP contribution in [0.3, 0.4) is 0 Å². The number of hydrogen-bond acceptors (Lipinski definition) is 4. The summed E-state index contributed by atoms with van der Waals surface area (Å²) < 4.78 is 23.5. The topological polar surface area (TPSA) is 54.4 Å². The van der Waals surface area contributed by atoms with Gasteiger partial charge in [0.2, 0.25) is 0 Å². The van der Waals surface area contributed by atoms with E-state index in [2.05, 4.69) is 40.9 Å². The Balaban J connectivity index is 0.000000272. The number of benzene rings is 2. The maximum Gasteiger partial charge on any atom is 0.175 e. The van der Waals surface area contributed by atoms with Gasteiger partial charge in [-0.05, 0) is 60.7 Å². The lowest BCUT2D eigenvalue weighted by molar-refractivity contribution is 0.216. The molecule has 0 heterocycles. The summed E-state index contributed by atoms with van der Waals surface area (Å²) in [5, 5.41) is 9.64. The van der Waals surface area contributed by atoms with Gasteiger partial charge in [-0.2, -0.15) is 0 Å². The molecule has 0 radical (unpaired) electrons. The van der Waals surface area contributed by atoms with Gasteiger partial charge >= 0.3 is 0 Å². The molecule has 0 aliphatic heterocycles. The zero-order valence-electron chi connectivity index (χ0n) is 13.9. The van der Waals surface area contributed by atoms with Crippen molar-refractivity contribution in [2.24, 2.45) is 0 Å². The van der Waals surface area contributed by atoms with Crippen LogP contribution in [0.15, 0.2) is 74.9 Å². The fourth-order valence-corrected chi connectivity index (χ4v) is 3.06. The SMILES string of the molecule is C=C(C)C(O)c1ccc(S(C)(=O)=O)cc1.CSc1ccc(Br)cc1. The van der Waals surface area contributed by atoms with Crippen molar-refractivity contribution in [3.05, 3.63) is 70.7 Å². The van der Waals surface area contributed by atoms with Gasteiger partial charge in [0.05, 0.1) is 11.0 Å². The molecule has 2 aromatic carbocycles. The third kappa shape index (κ3) is 6.81. The molecule has 0 saturated carbocycles. The Morgan fingerprint density at radius 2 is 1.62 bits per heavy atom. The number of sulfone groups is 1. The van der Waals surface area contributed by atoms with Gasteiger partial charge < -0.3 is 5.11 Å². The highest BCUT2D eigenvalue weighted by molar-refractivity contribution is 9.10. The van der Waals surface area contributed by atoms with E-state index in [-0.39, 0.29) is 4.90 Å². The maximum absolute atomic E-state index is 11.2. The van der Waals surface area contributed by atoms with Crippen molar-refractivity contribution in [3.8, 4) is 0 Å². The first-order chi connectivity index (χ1) is 11.1. The minimum atomic E-state index is -3.17. The Bertz CT molecular complexity index is 767. The zero-order chi connectivity index (χ0) is 18.3. The van der Waals surface area contributed by atoms with E-state index in [4.69, 9.17) is 0 Å². The average molecular weight is 429 g/mol. The van der Waals surface area contributed by atoms with Crippen molar-refractivity contribution in [2.75, 3.05) is 12.5 Å². The molecule has 1 N–H and O–H groups in total. The molecule has 0 aliphatic rings. The Hall–Kier alpha value is -1.08. The summed E-state index contributed by atoms with van der Waals surface area (Å²) in [6.07, 6.45) is 2.49. The number of halogens is 1. The lowest BCUT2D eigenvalue weighted by Gasteiger charge is -2.10. The van der Waals surface area contributed by atoms with Gasteiger partial charge in [-0.25, -0.2) is 8.42 Å². The second kappa shape index (κ2) is 9.42. The van der Waals surface area contributed by atoms with E-state index < -0.39 is 15.9 Å². The number of rotatable bonds is 4. The standard InChI is InChI=1S/C11H14O3S.C7H7BrS/c1-8(2)11(12)9-4-6-10(7-5-9)15(3,13)14;1-9-7-4-2-6(8)3-5-7/h4-7,11-12H,1H2,2-3H3;2-5H,1H3. The van der Waals surface area contributed by atoms with Crippen LogP contribution in [-0.2, 0) is 9.84 Å². The molecule has 2 rings (SSSR count). The lowest BCUT2D eigenvalue weighted by atomic mass is 10.0. The summed E-state index contributed by atoms with van der Waals surface area (Å²) in [7, 11) is -3.17. The highest BCUT2D eigenvalue weighted by Gasteiger charge is 2.10. The van der Waals surface area contributed by atoms with Crippen molar-refractivity contribution in [1.82, 2.24) is 0 Å². The fraction of sp³-hybridized carbons (Fsp3) is 0.222. The highest BCUT2D eigenvalue weighted by Crippen LogP contribution is 2.21. The molecule has 24 heavy (non-hydrogen) atoms. The van der Waals surface area contributed by atoms with Crippen LogP contribution in [0.25, 0.3) is 0 Å². The van der Waals surface area contributed by atoms with Crippen LogP contribution < -0.4 is 0 Å². The van der Waals surface area contributed by atoms with E-state index in [0.717, 1.165) is 10.7 Å². The minimum Gasteiger partial charge on any atom is -0.384 e. The van der Waals surface area contributed by atoms with Gasteiger partial charge in [-0.3, -0.25) is 0 Å². The normalized spacial score (nSPS) is 12.0. The van der Waals surface area contributed by atoms with Crippen LogP contribution in [0, 0.1) is 0 Å².